The van der Waals surface area contributed by atoms with Crippen molar-refractivity contribution < 1.29 is 4.74 Å². The molecule has 0 aromatic heterocycles. The molecular formula is C64H69BN2O. The molecule has 0 saturated carbocycles. The van der Waals surface area contributed by atoms with Crippen molar-refractivity contribution in [2.45, 2.75) is 143 Å². The second kappa shape index (κ2) is 15.0. The predicted molar refractivity (Wildman–Crippen MR) is 291 cm³/mol. The normalized spacial score (nSPS) is 15.5. The van der Waals surface area contributed by atoms with Crippen molar-refractivity contribution in [3.05, 3.63) is 172 Å². The Balaban J connectivity index is 1.19. The summed E-state index contributed by atoms with van der Waals surface area (Å²) in [6.45, 7) is 32.5. The predicted octanol–water partition coefficient (Wildman–Crippen LogP) is 15.5. The Morgan fingerprint density at radius 3 is 1.63 bits per heavy atom. The minimum atomic E-state index is -0.125. The van der Waals surface area contributed by atoms with Gasteiger partial charge in [-0.2, -0.15) is 0 Å². The number of hydrogen-bond donors (Lipinski definition) is 0. The molecule has 7 aromatic carbocycles. The highest BCUT2D eigenvalue weighted by atomic mass is 16.5. The van der Waals surface area contributed by atoms with Crippen LogP contribution in [0.5, 0.6) is 11.5 Å². The summed E-state index contributed by atoms with van der Waals surface area (Å²) in [7, 11) is 0. The van der Waals surface area contributed by atoms with E-state index < -0.39 is 0 Å². The number of hydrogen-bond acceptors (Lipinski definition) is 3. The van der Waals surface area contributed by atoms with Gasteiger partial charge in [0.2, 0.25) is 0 Å². The van der Waals surface area contributed by atoms with E-state index in [0.717, 1.165) is 46.4 Å². The van der Waals surface area contributed by atoms with Gasteiger partial charge < -0.3 is 14.5 Å². The quantitative estimate of drug-likeness (QED) is 0.164. The highest BCUT2D eigenvalue weighted by molar-refractivity contribution is 6.99. The molecule has 2 aliphatic carbocycles. The maximum atomic E-state index is 7.52. The summed E-state index contributed by atoms with van der Waals surface area (Å²) in [4.78, 5) is 4.96. The summed E-state index contributed by atoms with van der Waals surface area (Å²) in [5.74, 6) is 1.87. The van der Waals surface area contributed by atoms with Crippen molar-refractivity contribution in [3.8, 4) is 22.6 Å². The molecule has 2 aliphatic heterocycles. The molecule has 4 aliphatic rings. The van der Waals surface area contributed by atoms with Crippen LogP contribution in [0.3, 0.4) is 0 Å². The monoisotopic (exact) mass is 893 g/mol. The molecule has 0 saturated heterocycles. The van der Waals surface area contributed by atoms with Gasteiger partial charge in [-0.3, -0.25) is 0 Å². The average molecular weight is 893 g/mol. The van der Waals surface area contributed by atoms with Crippen LogP contribution < -0.4 is 30.9 Å². The summed E-state index contributed by atoms with van der Waals surface area (Å²) in [6, 6.07) is 49.6. The Hall–Kier alpha value is -6.00. The standard InChI is InChI=1S/C64H69BN2O/c1-60(2,3)40-19-26-44(27-20-40)66(45-28-21-41(22-29-45)61(4,5)6)47-35-55-59-57(36-47)68-56-37-50-49-32-18-39-16-15-17-48(39)58(49)64(13,14)51(50)38-53(56)65(59)52-34-43(63(10,11)12)25-33-54(52)67(55)46-30-23-42(24-31-46)62(7,8)9/h18-38H,15-17H2,1-14H3. The molecular weight excluding hydrogens is 824 g/mol. The molecule has 7 aromatic rings. The lowest BCUT2D eigenvalue weighted by Crippen LogP contribution is -2.60. The second-order valence-electron chi connectivity index (χ2n) is 25.0. The molecule has 4 heteroatoms. The van der Waals surface area contributed by atoms with Crippen LogP contribution in [0.15, 0.2) is 127 Å². The fraction of sp³-hybridized carbons (Fsp3) is 0.344. The highest BCUT2D eigenvalue weighted by Crippen LogP contribution is 2.54. The van der Waals surface area contributed by atoms with Gasteiger partial charge in [0, 0.05) is 39.9 Å². The third kappa shape index (κ3) is 7.06. The van der Waals surface area contributed by atoms with E-state index in [9.17, 15) is 0 Å². The Labute approximate surface area is 407 Å². The summed E-state index contributed by atoms with van der Waals surface area (Å²) in [5.41, 5.74) is 24.5. The van der Waals surface area contributed by atoms with Gasteiger partial charge >= 0.3 is 0 Å². The van der Waals surface area contributed by atoms with Crippen molar-refractivity contribution in [2.75, 3.05) is 9.80 Å². The van der Waals surface area contributed by atoms with Crippen molar-refractivity contribution in [1.82, 2.24) is 0 Å². The first kappa shape index (κ1) is 44.5. The van der Waals surface area contributed by atoms with E-state index in [4.69, 9.17) is 4.74 Å². The SMILES string of the molecule is CC(C)(C)c1ccc(N(c2ccc(C(C)(C)C)cc2)c2cc3c4c(c2)N(c2ccc(C(C)(C)C)cc2)c2ccc(C(C)(C)C)cc2B4c2cc4c(cc2O3)-c2ccc3c(c2C4(C)C)CCC3)cc1. The van der Waals surface area contributed by atoms with E-state index in [1.54, 1.807) is 5.56 Å². The molecule has 11 rings (SSSR count). The maximum Gasteiger partial charge on any atom is 0.256 e. The number of fused-ring (bicyclic) bond motifs is 9. The van der Waals surface area contributed by atoms with E-state index in [2.05, 4.69) is 234 Å². The lowest BCUT2D eigenvalue weighted by atomic mass is 9.33. The first-order valence-corrected chi connectivity index (χ1v) is 25.2. The molecule has 0 fully saturated rings. The summed E-state index contributed by atoms with van der Waals surface area (Å²) in [5, 5.41) is 0. The first-order chi connectivity index (χ1) is 32.0. The number of ether oxygens (including phenoxy) is 1. The molecule has 3 nitrogen and oxygen atoms in total. The van der Waals surface area contributed by atoms with E-state index in [0.29, 0.717) is 0 Å². The molecule has 0 radical (unpaired) electrons. The molecule has 0 unspecified atom stereocenters. The van der Waals surface area contributed by atoms with Crippen LogP contribution in [0.4, 0.5) is 34.1 Å². The van der Waals surface area contributed by atoms with Crippen LogP contribution in [-0.4, -0.2) is 6.71 Å². The average Bonchev–Trinajstić information content (AvgIpc) is 3.84. The summed E-state index contributed by atoms with van der Waals surface area (Å²) in [6.07, 6.45) is 3.58. The molecule has 344 valence electrons. The van der Waals surface area contributed by atoms with Crippen molar-refractivity contribution in [2.24, 2.45) is 0 Å². The number of rotatable bonds is 4. The number of benzene rings is 7. The van der Waals surface area contributed by atoms with Crippen molar-refractivity contribution in [3.63, 3.8) is 0 Å². The zero-order chi connectivity index (χ0) is 48.0. The van der Waals surface area contributed by atoms with Gasteiger partial charge in [-0.05, 0) is 168 Å². The van der Waals surface area contributed by atoms with Gasteiger partial charge in [-0.1, -0.05) is 164 Å². The Morgan fingerprint density at radius 2 is 1.06 bits per heavy atom. The molecule has 0 atom stereocenters. The second-order valence-corrected chi connectivity index (χ2v) is 25.0. The minimum Gasteiger partial charge on any atom is -0.458 e. The maximum absolute atomic E-state index is 7.52. The molecule has 68 heavy (non-hydrogen) atoms. The zero-order valence-corrected chi connectivity index (χ0v) is 43.1. The third-order valence-corrected chi connectivity index (χ3v) is 15.9. The van der Waals surface area contributed by atoms with E-state index in [1.165, 1.54) is 85.0 Å². The van der Waals surface area contributed by atoms with Crippen LogP contribution >= 0.6 is 0 Å². The molecule has 0 spiro atoms. The molecule has 0 N–H and O–H groups in total. The van der Waals surface area contributed by atoms with Gasteiger partial charge in [-0.25, -0.2) is 0 Å². The third-order valence-electron chi connectivity index (χ3n) is 15.9. The van der Waals surface area contributed by atoms with Crippen molar-refractivity contribution in [1.29, 1.82) is 0 Å². The minimum absolute atomic E-state index is 0.0288. The van der Waals surface area contributed by atoms with Crippen molar-refractivity contribution >= 4 is 57.2 Å². The number of anilines is 6. The van der Waals surface area contributed by atoms with Gasteiger partial charge in [0.1, 0.15) is 11.5 Å². The lowest BCUT2D eigenvalue weighted by Gasteiger charge is -2.42. The van der Waals surface area contributed by atoms with Crippen LogP contribution in [0.25, 0.3) is 11.1 Å². The van der Waals surface area contributed by atoms with Crippen LogP contribution in [0.2, 0.25) is 0 Å². The Kier molecular flexibility index (Phi) is 9.82. The van der Waals surface area contributed by atoms with E-state index >= 15 is 0 Å². The van der Waals surface area contributed by atoms with Crippen LogP contribution in [-0.2, 0) is 39.9 Å². The van der Waals surface area contributed by atoms with Crippen LogP contribution in [0, 0.1) is 0 Å². The molecule has 0 bridgehead atoms. The number of nitrogens with zero attached hydrogens (tertiary/aromatic N) is 2. The Bertz CT molecular complexity index is 3110. The summed E-state index contributed by atoms with van der Waals surface area (Å²) < 4.78 is 7.52. The largest absolute Gasteiger partial charge is 0.458 e. The van der Waals surface area contributed by atoms with E-state index in [-0.39, 0.29) is 33.8 Å². The fourth-order valence-corrected chi connectivity index (χ4v) is 11.9. The van der Waals surface area contributed by atoms with Gasteiger partial charge in [0.15, 0.2) is 0 Å². The number of aryl methyl sites for hydroxylation is 1. The molecule has 0 amide bonds. The smallest absolute Gasteiger partial charge is 0.256 e. The Morgan fingerprint density at radius 1 is 0.500 bits per heavy atom. The van der Waals surface area contributed by atoms with Gasteiger partial charge in [0.25, 0.3) is 6.71 Å². The summed E-state index contributed by atoms with van der Waals surface area (Å²) >= 11 is 0. The van der Waals surface area contributed by atoms with Crippen LogP contribution in [0.1, 0.15) is 148 Å². The van der Waals surface area contributed by atoms with Gasteiger partial charge in [0.05, 0.1) is 5.69 Å². The van der Waals surface area contributed by atoms with Gasteiger partial charge in [-0.15, -0.1) is 0 Å². The van der Waals surface area contributed by atoms with E-state index in [1.807, 2.05) is 0 Å². The topological polar surface area (TPSA) is 15.7 Å². The zero-order valence-electron chi connectivity index (χ0n) is 43.1. The lowest BCUT2D eigenvalue weighted by molar-refractivity contribution is 0.487. The fourth-order valence-electron chi connectivity index (χ4n) is 11.9. The first-order valence-electron chi connectivity index (χ1n) is 25.2. The highest BCUT2D eigenvalue weighted by Gasteiger charge is 2.46. The molecule has 2 heterocycles.